The number of halogens is 3. The molecule has 0 spiro atoms. The van der Waals surface area contributed by atoms with Gasteiger partial charge in [-0.2, -0.15) is 13.2 Å². The van der Waals surface area contributed by atoms with Crippen LogP contribution in [0.2, 0.25) is 0 Å². The Morgan fingerprint density at radius 2 is 2.06 bits per heavy atom. The molecule has 0 atom stereocenters. The second kappa shape index (κ2) is 6.26. The van der Waals surface area contributed by atoms with Crippen molar-refractivity contribution < 1.29 is 22.6 Å². The third-order valence-electron chi connectivity index (χ3n) is 2.34. The van der Waals surface area contributed by atoms with E-state index in [-0.39, 0.29) is 5.75 Å². The van der Waals surface area contributed by atoms with Crippen molar-refractivity contribution in [1.29, 1.82) is 5.26 Å². The van der Waals surface area contributed by atoms with Crippen LogP contribution in [-0.2, 0) is 17.3 Å². The SMILES string of the molecule is COCCCc1ccc(C(F)(F)F)cc1OC#N. The molecule has 0 fully saturated rings. The Kier molecular flexibility index (Phi) is 4.98. The molecule has 0 N–H and O–H groups in total. The van der Waals surface area contributed by atoms with Crippen molar-refractivity contribution in [2.45, 2.75) is 19.0 Å². The fourth-order valence-electron chi connectivity index (χ4n) is 1.49. The second-order valence-electron chi connectivity index (χ2n) is 3.61. The van der Waals surface area contributed by atoms with Crippen LogP contribution in [0.1, 0.15) is 17.5 Å². The van der Waals surface area contributed by atoms with E-state index in [1.807, 2.05) is 0 Å². The molecule has 0 aliphatic carbocycles. The van der Waals surface area contributed by atoms with Gasteiger partial charge in [-0.05, 0) is 30.5 Å². The molecule has 0 aromatic heterocycles. The van der Waals surface area contributed by atoms with Crippen molar-refractivity contribution in [1.82, 2.24) is 0 Å². The number of benzene rings is 1. The van der Waals surface area contributed by atoms with Crippen LogP contribution in [0.5, 0.6) is 5.75 Å². The minimum absolute atomic E-state index is 0.0524. The molecule has 98 valence electrons. The summed E-state index contributed by atoms with van der Waals surface area (Å²) in [6.07, 6.45) is -1.92. The van der Waals surface area contributed by atoms with Crippen LogP contribution in [0.4, 0.5) is 13.2 Å². The zero-order chi connectivity index (χ0) is 13.6. The Morgan fingerprint density at radius 1 is 1.33 bits per heavy atom. The molecule has 6 heteroatoms. The fraction of sp³-hybridized carbons (Fsp3) is 0.417. The Hall–Kier alpha value is -1.74. The van der Waals surface area contributed by atoms with Crippen LogP contribution in [0.15, 0.2) is 18.2 Å². The van der Waals surface area contributed by atoms with Gasteiger partial charge >= 0.3 is 6.18 Å². The number of nitriles is 1. The number of ether oxygens (including phenoxy) is 2. The van der Waals surface area contributed by atoms with Crippen LogP contribution in [0, 0.1) is 11.5 Å². The van der Waals surface area contributed by atoms with E-state index in [1.165, 1.54) is 12.3 Å². The van der Waals surface area contributed by atoms with E-state index < -0.39 is 11.7 Å². The van der Waals surface area contributed by atoms with Gasteiger partial charge in [0.2, 0.25) is 0 Å². The largest absolute Gasteiger partial charge is 0.416 e. The summed E-state index contributed by atoms with van der Waals surface area (Å²) in [5.41, 5.74) is -0.273. The molecule has 0 amide bonds. The van der Waals surface area contributed by atoms with Crippen molar-refractivity contribution in [3.8, 4) is 12.0 Å². The number of alkyl halides is 3. The summed E-state index contributed by atoms with van der Waals surface area (Å²) in [4.78, 5) is 0. The molecule has 0 aliphatic rings. The lowest BCUT2D eigenvalue weighted by atomic mass is 10.1. The molecule has 0 radical (unpaired) electrons. The van der Waals surface area contributed by atoms with Gasteiger partial charge in [0.15, 0.2) is 0 Å². The van der Waals surface area contributed by atoms with E-state index in [4.69, 9.17) is 10.00 Å². The maximum absolute atomic E-state index is 12.5. The van der Waals surface area contributed by atoms with Crippen molar-refractivity contribution in [2.75, 3.05) is 13.7 Å². The van der Waals surface area contributed by atoms with Gasteiger partial charge in [-0.1, -0.05) is 6.07 Å². The van der Waals surface area contributed by atoms with Gasteiger partial charge < -0.3 is 9.47 Å². The monoisotopic (exact) mass is 259 g/mol. The molecule has 0 heterocycles. The highest BCUT2D eigenvalue weighted by atomic mass is 19.4. The number of hydrogen-bond acceptors (Lipinski definition) is 3. The van der Waals surface area contributed by atoms with Crippen molar-refractivity contribution in [3.05, 3.63) is 29.3 Å². The normalized spacial score (nSPS) is 11.1. The molecule has 1 rings (SSSR count). The third-order valence-corrected chi connectivity index (χ3v) is 2.34. The summed E-state index contributed by atoms with van der Waals surface area (Å²) in [5, 5.41) is 8.43. The maximum atomic E-state index is 12.5. The topological polar surface area (TPSA) is 42.2 Å². The summed E-state index contributed by atoms with van der Waals surface area (Å²) in [6, 6.07) is 3.14. The van der Waals surface area contributed by atoms with Gasteiger partial charge in [0.05, 0.1) is 5.56 Å². The van der Waals surface area contributed by atoms with E-state index in [2.05, 4.69) is 4.74 Å². The highest BCUT2D eigenvalue weighted by Crippen LogP contribution is 2.33. The van der Waals surface area contributed by atoms with Crippen LogP contribution >= 0.6 is 0 Å². The molecular weight excluding hydrogens is 247 g/mol. The molecule has 0 bridgehead atoms. The summed E-state index contributed by atoms with van der Waals surface area (Å²) in [5.74, 6) is -0.0524. The molecule has 1 aromatic rings. The van der Waals surface area contributed by atoms with Crippen LogP contribution < -0.4 is 4.74 Å². The first-order valence-corrected chi connectivity index (χ1v) is 5.24. The summed E-state index contributed by atoms with van der Waals surface area (Å²) < 4.78 is 46.9. The average molecular weight is 259 g/mol. The van der Waals surface area contributed by atoms with Crippen LogP contribution in [0.3, 0.4) is 0 Å². The summed E-state index contributed by atoms with van der Waals surface area (Å²) >= 11 is 0. The van der Waals surface area contributed by atoms with E-state index in [9.17, 15) is 13.2 Å². The Bertz CT molecular complexity index is 438. The fourth-order valence-corrected chi connectivity index (χ4v) is 1.49. The van der Waals surface area contributed by atoms with Crippen molar-refractivity contribution in [3.63, 3.8) is 0 Å². The third kappa shape index (κ3) is 3.93. The lowest BCUT2D eigenvalue weighted by molar-refractivity contribution is -0.137. The quantitative estimate of drug-likeness (QED) is 0.602. The maximum Gasteiger partial charge on any atom is 0.416 e. The van der Waals surface area contributed by atoms with Gasteiger partial charge in [0.25, 0.3) is 6.26 Å². The molecule has 0 aliphatic heterocycles. The Labute approximate surface area is 103 Å². The molecule has 3 nitrogen and oxygen atoms in total. The second-order valence-corrected chi connectivity index (χ2v) is 3.61. The van der Waals surface area contributed by atoms with E-state index in [0.29, 0.717) is 25.0 Å². The lowest BCUT2D eigenvalue weighted by Crippen LogP contribution is -2.06. The summed E-state index contributed by atoms with van der Waals surface area (Å²) in [6.45, 7) is 0.493. The Balaban J connectivity index is 2.94. The van der Waals surface area contributed by atoms with Crippen LogP contribution in [0.25, 0.3) is 0 Å². The van der Waals surface area contributed by atoms with Gasteiger partial charge in [-0.3, -0.25) is 0 Å². The van der Waals surface area contributed by atoms with Crippen molar-refractivity contribution >= 4 is 0 Å². The number of rotatable bonds is 5. The minimum atomic E-state index is -4.45. The molecule has 1 aromatic carbocycles. The molecule has 0 saturated heterocycles. The van der Waals surface area contributed by atoms with Crippen molar-refractivity contribution in [2.24, 2.45) is 0 Å². The predicted octanol–water partition coefficient (Wildman–Crippen LogP) is 3.14. The zero-order valence-corrected chi connectivity index (χ0v) is 9.75. The first-order valence-electron chi connectivity index (χ1n) is 5.24. The average Bonchev–Trinajstić information content (AvgIpc) is 2.30. The van der Waals surface area contributed by atoms with Gasteiger partial charge in [0, 0.05) is 13.7 Å². The number of nitrogens with zero attached hydrogens (tertiary/aromatic N) is 1. The number of hydrogen-bond donors (Lipinski definition) is 0. The van der Waals surface area contributed by atoms with Gasteiger partial charge in [-0.15, -0.1) is 5.26 Å². The molecule has 0 unspecified atom stereocenters. The number of aryl methyl sites for hydroxylation is 1. The number of methoxy groups -OCH3 is 1. The highest BCUT2D eigenvalue weighted by Gasteiger charge is 2.31. The van der Waals surface area contributed by atoms with E-state index in [0.717, 1.165) is 12.1 Å². The van der Waals surface area contributed by atoms with Gasteiger partial charge in [0.1, 0.15) is 5.75 Å². The smallest absolute Gasteiger partial charge is 0.388 e. The molecule has 0 saturated carbocycles. The summed E-state index contributed by atoms with van der Waals surface area (Å²) in [7, 11) is 1.54. The zero-order valence-electron chi connectivity index (χ0n) is 9.75. The van der Waals surface area contributed by atoms with Crippen LogP contribution in [-0.4, -0.2) is 13.7 Å². The van der Waals surface area contributed by atoms with E-state index in [1.54, 1.807) is 7.11 Å². The molecular formula is C12H12F3NO2. The van der Waals surface area contributed by atoms with Gasteiger partial charge in [-0.25, -0.2) is 0 Å². The first-order chi connectivity index (χ1) is 8.49. The standard InChI is InChI=1S/C12H12F3NO2/c1-17-6-2-3-9-4-5-10(12(13,14)15)7-11(9)18-8-16/h4-5,7H,2-3,6H2,1H3. The van der Waals surface area contributed by atoms with E-state index >= 15 is 0 Å². The highest BCUT2D eigenvalue weighted by molar-refractivity contribution is 5.39. The Morgan fingerprint density at radius 3 is 2.61 bits per heavy atom. The lowest BCUT2D eigenvalue weighted by Gasteiger charge is -2.11. The minimum Gasteiger partial charge on any atom is -0.388 e. The first kappa shape index (κ1) is 14.3. The molecule has 18 heavy (non-hydrogen) atoms. The predicted molar refractivity (Wildman–Crippen MR) is 57.9 cm³/mol.